The lowest BCUT2D eigenvalue weighted by Gasteiger charge is -2.44. The molecule has 0 aromatic heterocycles. The number of carbonyl (C=O) groups excluding carboxylic acids is 3. The van der Waals surface area contributed by atoms with Gasteiger partial charge in [-0.25, -0.2) is 0 Å². The molecule has 0 bridgehead atoms. The molecule has 1 aromatic carbocycles. The number of carbonyl (C=O) groups is 3. The van der Waals surface area contributed by atoms with Crippen LogP contribution in [0.4, 0.5) is 5.69 Å². The molecule has 1 aliphatic rings. The van der Waals surface area contributed by atoms with Gasteiger partial charge < -0.3 is 19.5 Å². The molecule has 0 spiro atoms. The molecule has 1 aliphatic carbocycles. The summed E-state index contributed by atoms with van der Waals surface area (Å²) < 4.78 is 10.8. The first-order valence-electron chi connectivity index (χ1n) is 11.4. The smallest absolute Gasteiger partial charge is 0.317 e. The summed E-state index contributed by atoms with van der Waals surface area (Å²) in [5.41, 5.74) is -0.0410. The van der Waals surface area contributed by atoms with E-state index in [4.69, 9.17) is 9.47 Å². The summed E-state index contributed by atoms with van der Waals surface area (Å²) in [5.74, 6) is -4.92. The van der Waals surface area contributed by atoms with Gasteiger partial charge in [-0.2, -0.15) is 0 Å². The fourth-order valence-electron chi connectivity index (χ4n) is 4.52. The summed E-state index contributed by atoms with van der Waals surface area (Å²) in [4.78, 5) is 41.3. The van der Waals surface area contributed by atoms with Gasteiger partial charge in [0.05, 0.1) is 23.7 Å². The van der Waals surface area contributed by atoms with Crippen molar-refractivity contribution in [2.24, 2.45) is 11.8 Å². The van der Waals surface area contributed by atoms with Gasteiger partial charge in [0.25, 0.3) is 0 Å². The van der Waals surface area contributed by atoms with Crippen molar-refractivity contribution in [3.05, 3.63) is 29.8 Å². The van der Waals surface area contributed by atoms with Crippen LogP contribution in [0.15, 0.2) is 24.3 Å². The van der Waals surface area contributed by atoms with Crippen molar-refractivity contribution in [3.63, 3.8) is 0 Å². The molecule has 0 radical (unpaired) electrons. The molecule has 178 valence electrons. The molecular formula is C25H37NO6. The molecule has 1 aromatic rings. The summed E-state index contributed by atoms with van der Waals surface area (Å²) in [7, 11) is 0. The van der Waals surface area contributed by atoms with E-state index in [1.165, 1.54) is 6.92 Å². The van der Waals surface area contributed by atoms with Crippen molar-refractivity contribution in [1.82, 2.24) is 0 Å². The van der Waals surface area contributed by atoms with Gasteiger partial charge in [0.2, 0.25) is 0 Å². The normalized spacial score (nSPS) is 25.7. The Morgan fingerprint density at radius 2 is 1.53 bits per heavy atom. The van der Waals surface area contributed by atoms with Gasteiger partial charge in [0, 0.05) is 31.1 Å². The van der Waals surface area contributed by atoms with E-state index in [0.717, 1.165) is 18.8 Å². The minimum Gasteiger partial charge on any atom is -0.463 e. The van der Waals surface area contributed by atoms with Crippen molar-refractivity contribution in [2.45, 2.75) is 78.6 Å². The number of esters is 2. The average molecular weight is 448 g/mol. The van der Waals surface area contributed by atoms with Crippen LogP contribution in [0.2, 0.25) is 0 Å². The second-order valence-electron chi connectivity index (χ2n) is 9.22. The molecular weight excluding hydrogens is 410 g/mol. The third-order valence-corrected chi connectivity index (χ3v) is 5.89. The number of anilines is 1. The third kappa shape index (κ3) is 5.68. The van der Waals surface area contributed by atoms with Crippen LogP contribution in [-0.2, 0) is 23.9 Å². The number of Topliss-reactive ketones (excluding diaryl/α,β-unsaturated/α-hetero) is 1. The van der Waals surface area contributed by atoms with Crippen LogP contribution < -0.4 is 4.90 Å². The lowest BCUT2D eigenvalue weighted by molar-refractivity contribution is -0.176. The first-order valence-corrected chi connectivity index (χ1v) is 11.4. The Hall–Kier alpha value is -2.41. The van der Waals surface area contributed by atoms with E-state index in [9.17, 15) is 19.5 Å². The Bertz CT molecular complexity index is 802. The zero-order valence-corrected chi connectivity index (χ0v) is 20.3. The predicted molar refractivity (Wildman–Crippen MR) is 122 cm³/mol. The number of ether oxygens (including phenoxy) is 2. The molecule has 7 nitrogen and oxygen atoms in total. The summed E-state index contributed by atoms with van der Waals surface area (Å²) in [5, 5.41) is 11.1. The second-order valence-corrected chi connectivity index (χ2v) is 9.22. The van der Waals surface area contributed by atoms with Crippen LogP contribution in [0.25, 0.3) is 0 Å². The molecule has 2 rings (SSSR count). The van der Waals surface area contributed by atoms with E-state index in [-0.39, 0.29) is 6.42 Å². The van der Waals surface area contributed by atoms with E-state index in [0.29, 0.717) is 5.56 Å². The maximum absolute atomic E-state index is 13.1. The van der Waals surface area contributed by atoms with Crippen molar-refractivity contribution in [3.8, 4) is 0 Å². The fourth-order valence-corrected chi connectivity index (χ4v) is 4.52. The molecule has 32 heavy (non-hydrogen) atoms. The number of nitrogens with zero attached hydrogens (tertiary/aromatic N) is 1. The van der Waals surface area contributed by atoms with E-state index in [2.05, 4.69) is 18.7 Å². The van der Waals surface area contributed by atoms with Crippen molar-refractivity contribution < 1.29 is 29.0 Å². The molecule has 0 amide bonds. The van der Waals surface area contributed by atoms with Crippen LogP contribution in [-0.4, -0.2) is 53.7 Å². The quantitative estimate of drug-likeness (QED) is 0.482. The number of hydrogen-bond donors (Lipinski definition) is 1. The molecule has 0 unspecified atom stereocenters. The molecule has 0 heterocycles. The Morgan fingerprint density at radius 3 is 2.00 bits per heavy atom. The van der Waals surface area contributed by atoms with Crippen LogP contribution >= 0.6 is 0 Å². The molecule has 0 saturated heterocycles. The molecule has 1 N–H and O–H groups in total. The maximum atomic E-state index is 13.1. The standard InChI is InChI=1S/C25H37NO6/c1-8-26(9-2)18-12-10-17(11-13-18)20-21(23(28)31-15(3)4)19(27)14-25(7,30)22(20)24(29)32-16(5)6/h10-13,15-16,20-22,30H,8-9,14H2,1-7H3/t20-,21-,22-,25-/m1/s1. The molecule has 7 heteroatoms. The Kier molecular flexibility index (Phi) is 8.46. The number of ketones is 1. The summed E-state index contributed by atoms with van der Waals surface area (Å²) in [6.45, 7) is 14.1. The SMILES string of the molecule is CCN(CC)c1ccc([C@@H]2[C@H](C(=O)OC(C)C)C(=O)C[C@@](C)(O)[C@H]2C(=O)OC(C)C)cc1. The second kappa shape index (κ2) is 10.5. The number of hydrogen-bond acceptors (Lipinski definition) is 7. The average Bonchev–Trinajstić information content (AvgIpc) is 2.66. The first-order chi connectivity index (χ1) is 14.9. The zero-order valence-electron chi connectivity index (χ0n) is 20.3. The van der Waals surface area contributed by atoms with Crippen molar-refractivity contribution in [2.75, 3.05) is 18.0 Å². The van der Waals surface area contributed by atoms with E-state index < -0.39 is 53.3 Å². The largest absolute Gasteiger partial charge is 0.463 e. The Balaban J connectivity index is 2.60. The minimum atomic E-state index is -1.65. The van der Waals surface area contributed by atoms with Crippen LogP contribution in [0, 0.1) is 11.8 Å². The lowest BCUT2D eigenvalue weighted by Crippen LogP contribution is -2.55. The van der Waals surface area contributed by atoms with Gasteiger partial charge in [-0.15, -0.1) is 0 Å². The molecule has 1 fully saturated rings. The topological polar surface area (TPSA) is 93.1 Å². The molecule has 1 saturated carbocycles. The first kappa shape index (κ1) is 25.8. The van der Waals surface area contributed by atoms with E-state index in [1.807, 2.05) is 24.3 Å². The van der Waals surface area contributed by atoms with Gasteiger partial charge in [0.1, 0.15) is 5.92 Å². The number of benzene rings is 1. The van der Waals surface area contributed by atoms with Gasteiger partial charge in [-0.3, -0.25) is 14.4 Å². The van der Waals surface area contributed by atoms with Crippen molar-refractivity contribution in [1.29, 1.82) is 0 Å². The van der Waals surface area contributed by atoms with Crippen molar-refractivity contribution >= 4 is 23.4 Å². The van der Waals surface area contributed by atoms with E-state index >= 15 is 0 Å². The highest BCUT2D eigenvalue weighted by molar-refractivity contribution is 6.02. The van der Waals surface area contributed by atoms with Gasteiger partial charge in [0.15, 0.2) is 5.78 Å². The Morgan fingerprint density at radius 1 is 1.03 bits per heavy atom. The zero-order chi connectivity index (χ0) is 24.2. The maximum Gasteiger partial charge on any atom is 0.317 e. The van der Waals surface area contributed by atoms with Crippen LogP contribution in [0.3, 0.4) is 0 Å². The number of aliphatic hydroxyl groups is 1. The summed E-state index contributed by atoms with van der Waals surface area (Å²) >= 11 is 0. The fraction of sp³-hybridized carbons (Fsp3) is 0.640. The van der Waals surface area contributed by atoms with Gasteiger partial charge >= 0.3 is 11.9 Å². The lowest BCUT2D eigenvalue weighted by atomic mass is 9.61. The monoisotopic (exact) mass is 447 g/mol. The molecule has 0 aliphatic heterocycles. The highest BCUT2D eigenvalue weighted by Crippen LogP contribution is 2.47. The van der Waals surface area contributed by atoms with Gasteiger partial charge in [-0.05, 0) is 66.2 Å². The van der Waals surface area contributed by atoms with E-state index in [1.54, 1.807) is 27.7 Å². The predicted octanol–water partition coefficient (Wildman–Crippen LogP) is 3.48. The highest BCUT2D eigenvalue weighted by Gasteiger charge is 2.57. The minimum absolute atomic E-state index is 0.323. The summed E-state index contributed by atoms with van der Waals surface area (Å²) in [6, 6.07) is 7.45. The Labute approximate surface area is 191 Å². The molecule has 4 atom stereocenters. The van der Waals surface area contributed by atoms with Crippen LogP contribution in [0.1, 0.15) is 66.4 Å². The summed E-state index contributed by atoms with van der Waals surface area (Å²) in [6.07, 6.45) is -1.14. The van der Waals surface area contributed by atoms with Gasteiger partial charge in [-0.1, -0.05) is 12.1 Å². The highest BCUT2D eigenvalue weighted by atomic mass is 16.5. The third-order valence-electron chi connectivity index (χ3n) is 5.89. The van der Waals surface area contributed by atoms with Crippen LogP contribution in [0.5, 0.6) is 0 Å². The number of rotatable bonds is 8.